The van der Waals surface area contributed by atoms with Crippen LogP contribution >= 0.6 is 0 Å². The number of hydrogen-bond donors (Lipinski definition) is 3. The first-order valence-electron chi connectivity index (χ1n) is 20.1. The van der Waals surface area contributed by atoms with Gasteiger partial charge in [0.25, 0.3) is 11.7 Å². The molecule has 0 radical (unpaired) electrons. The molecule has 2 fully saturated rings. The third-order valence-corrected chi connectivity index (χ3v) is 11.5. The van der Waals surface area contributed by atoms with E-state index in [4.69, 9.17) is 14.5 Å². The maximum absolute atomic E-state index is 12.9. The molecule has 3 N–H and O–H groups in total. The minimum Gasteiger partial charge on any atom is -0.343 e. The summed E-state index contributed by atoms with van der Waals surface area (Å²) in [6.07, 6.45) is 7.85. The number of likely N-dealkylation sites (tertiary alicyclic amines) is 1. The van der Waals surface area contributed by atoms with Crippen LogP contribution < -0.4 is 10.6 Å². The van der Waals surface area contributed by atoms with E-state index in [9.17, 15) is 14.4 Å². The summed E-state index contributed by atoms with van der Waals surface area (Å²) in [4.78, 5) is 53.1. The molecular weight excluding hydrogens is 731 g/mol. The highest BCUT2D eigenvalue weighted by atomic mass is 16.5. The lowest BCUT2D eigenvalue weighted by Gasteiger charge is -2.31. The number of fused-ring (bicyclic) bond motifs is 1. The molecular formula is C45H49N9O4. The Hall–Kier alpha value is -6.08. The Balaban J connectivity index is 0.865. The summed E-state index contributed by atoms with van der Waals surface area (Å²) < 4.78 is 5.30. The Morgan fingerprint density at radius 2 is 1.71 bits per heavy atom. The second-order valence-electron chi connectivity index (χ2n) is 16.7. The van der Waals surface area contributed by atoms with Crippen molar-refractivity contribution in [3.8, 4) is 22.4 Å². The summed E-state index contributed by atoms with van der Waals surface area (Å²) in [6, 6.07) is 20.5. The van der Waals surface area contributed by atoms with Crippen molar-refractivity contribution >= 4 is 28.8 Å². The predicted molar refractivity (Wildman–Crippen MR) is 220 cm³/mol. The Kier molecular flexibility index (Phi) is 10.7. The topological polar surface area (TPSA) is 172 Å². The Morgan fingerprint density at radius 3 is 2.40 bits per heavy atom. The zero-order valence-electron chi connectivity index (χ0n) is 33.6. The largest absolute Gasteiger partial charge is 0.343 e. The van der Waals surface area contributed by atoms with Crippen LogP contribution in [0.2, 0.25) is 0 Å². The van der Waals surface area contributed by atoms with Crippen LogP contribution in [0.15, 0.2) is 77.6 Å². The third kappa shape index (κ3) is 8.31. The molecule has 13 heteroatoms. The van der Waals surface area contributed by atoms with Crippen molar-refractivity contribution in [2.24, 2.45) is 0 Å². The maximum Gasteiger partial charge on any atom is 0.293 e. The molecule has 58 heavy (non-hydrogen) atoms. The van der Waals surface area contributed by atoms with Crippen molar-refractivity contribution in [3.05, 3.63) is 113 Å². The number of H-pyrrole nitrogens is 1. The zero-order chi connectivity index (χ0) is 40.6. The van der Waals surface area contributed by atoms with Crippen molar-refractivity contribution in [2.75, 3.05) is 19.6 Å². The van der Waals surface area contributed by atoms with Crippen LogP contribution in [0.25, 0.3) is 33.4 Å². The molecule has 6 aromatic rings. The molecule has 0 bridgehead atoms. The van der Waals surface area contributed by atoms with Crippen LogP contribution in [-0.2, 0) is 21.4 Å². The van der Waals surface area contributed by atoms with E-state index in [1.54, 1.807) is 0 Å². The summed E-state index contributed by atoms with van der Waals surface area (Å²) in [7, 11) is 0. The fraction of sp³-hybridized carbons (Fsp3) is 0.378. The maximum atomic E-state index is 12.9. The number of amides is 3. The van der Waals surface area contributed by atoms with Crippen molar-refractivity contribution < 1.29 is 18.9 Å². The molecule has 0 spiro atoms. The van der Waals surface area contributed by atoms with Gasteiger partial charge in [0.1, 0.15) is 5.69 Å². The van der Waals surface area contributed by atoms with Gasteiger partial charge < -0.3 is 14.7 Å². The highest BCUT2D eigenvalue weighted by Crippen LogP contribution is 2.33. The number of benzene rings is 2. The number of pyridine rings is 2. The number of aromatic nitrogens is 6. The third-order valence-electron chi connectivity index (χ3n) is 11.5. The van der Waals surface area contributed by atoms with Gasteiger partial charge in [0, 0.05) is 64.5 Å². The van der Waals surface area contributed by atoms with E-state index < -0.39 is 0 Å². The number of nitrogens with zero attached hydrogens (tertiary/aromatic N) is 6. The second kappa shape index (κ2) is 16.0. The molecule has 2 aromatic carbocycles. The molecule has 0 saturated carbocycles. The summed E-state index contributed by atoms with van der Waals surface area (Å²) in [5.41, 5.74) is 9.41. The highest BCUT2D eigenvalue weighted by molar-refractivity contribution is 6.01. The van der Waals surface area contributed by atoms with Crippen molar-refractivity contribution in [1.82, 2.24) is 45.8 Å². The van der Waals surface area contributed by atoms with Gasteiger partial charge in [-0.05, 0) is 93.1 Å². The van der Waals surface area contributed by atoms with Gasteiger partial charge in [-0.3, -0.25) is 29.8 Å². The number of aromatic amines is 1. The molecule has 6 heterocycles. The molecule has 2 atom stereocenters. The summed E-state index contributed by atoms with van der Waals surface area (Å²) in [5, 5.41) is 18.0. The van der Waals surface area contributed by atoms with Gasteiger partial charge in [-0.25, -0.2) is 4.98 Å². The number of rotatable bonds is 10. The second-order valence-corrected chi connectivity index (χ2v) is 16.7. The smallest absolute Gasteiger partial charge is 0.293 e. The molecule has 2 aliphatic heterocycles. The Morgan fingerprint density at radius 1 is 0.948 bits per heavy atom. The van der Waals surface area contributed by atoms with Crippen molar-refractivity contribution in [1.29, 1.82) is 0 Å². The monoisotopic (exact) mass is 779 g/mol. The molecule has 4 aromatic heterocycles. The van der Waals surface area contributed by atoms with Crippen LogP contribution in [0, 0.1) is 6.92 Å². The van der Waals surface area contributed by atoms with Gasteiger partial charge in [-0.1, -0.05) is 68.4 Å². The van der Waals surface area contributed by atoms with Crippen LogP contribution in [0.3, 0.4) is 0 Å². The average Bonchev–Trinajstić information content (AvgIpc) is 3.89. The SMILES string of the molecule is Cc1cc(-c2n[nH]c3ncc(-c4ccc(C5CCN(CCc6ccc([C@H]7CCC(=O)NC7=O)cc6)CC5)nc4)cc23)ccc1[C@@H](C)NC(=O)c1noc(C(C)(C)C)n1. The molecule has 0 unspecified atom stereocenters. The van der Waals surface area contributed by atoms with Crippen LogP contribution in [0.4, 0.5) is 0 Å². The van der Waals surface area contributed by atoms with Gasteiger partial charge in [-0.15, -0.1) is 0 Å². The first-order valence-corrected chi connectivity index (χ1v) is 20.1. The first kappa shape index (κ1) is 38.8. The number of imide groups is 1. The lowest BCUT2D eigenvalue weighted by molar-refractivity contribution is -0.134. The minimum absolute atomic E-state index is 0.0187. The zero-order valence-corrected chi connectivity index (χ0v) is 33.6. The van der Waals surface area contributed by atoms with E-state index in [2.05, 4.69) is 72.3 Å². The standard InChI is InChI=1S/C45H49N9O4/c1-26-22-31(10-12-34(26)27(2)48-43(57)41-50-44(58-53-41)45(3,4)5)39-36-23-33(25-47-40(36)52-51-39)32-11-14-37(46-24-32)30-17-20-54(21-18-30)19-16-28-6-8-29(9-7-28)35-13-15-38(55)49-42(35)56/h6-12,14,22-25,27,30,35H,13,15-21H2,1-5H3,(H,48,57)(H,47,51,52)(H,49,55,56)/t27-,35-/m1/s1. The number of hydrogen-bond acceptors (Lipinski definition) is 10. The van der Waals surface area contributed by atoms with Crippen LogP contribution in [0.5, 0.6) is 0 Å². The lowest BCUT2D eigenvalue weighted by atomic mass is 9.90. The van der Waals surface area contributed by atoms with Crippen LogP contribution in [0.1, 0.15) is 116 Å². The summed E-state index contributed by atoms with van der Waals surface area (Å²) in [6.45, 7) is 12.9. The van der Waals surface area contributed by atoms with Gasteiger partial charge in [0.15, 0.2) is 5.65 Å². The number of carbonyl (C=O) groups excluding carboxylic acids is 3. The van der Waals surface area contributed by atoms with Gasteiger partial charge in [0.05, 0.1) is 12.0 Å². The van der Waals surface area contributed by atoms with E-state index in [0.717, 1.165) is 89.1 Å². The van der Waals surface area contributed by atoms with Crippen LogP contribution in [-0.4, -0.2) is 72.6 Å². The number of aryl methyl sites for hydroxylation is 1. The highest BCUT2D eigenvalue weighted by Gasteiger charge is 2.28. The fourth-order valence-electron chi connectivity index (χ4n) is 8.03. The molecule has 3 amide bonds. The van der Waals surface area contributed by atoms with E-state index in [1.807, 2.05) is 71.3 Å². The fourth-order valence-corrected chi connectivity index (χ4v) is 8.03. The summed E-state index contributed by atoms with van der Waals surface area (Å²) >= 11 is 0. The van der Waals surface area contributed by atoms with E-state index in [0.29, 0.717) is 30.3 Å². The molecule has 0 aliphatic carbocycles. The van der Waals surface area contributed by atoms with Gasteiger partial charge in [-0.2, -0.15) is 10.1 Å². The number of nitrogens with one attached hydrogen (secondary N) is 3. The minimum atomic E-state index is -0.388. The quantitative estimate of drug-likeness (QED) is 0.122. The molecule has 2 saturated heterocycles. The van der Waals surface area contributed by atoms with Crippen molar-refractivity contribution in [2.45, 2.75) is 90.0 Å². The molecule has 2 aliphatic rings. The van der Waals surface area contributed by atoms with Crippen molar-refractivity contribution in [3.63, 3.8) is 0 Å². The Bertz CT molecular complexity index is 2460. The number of piperidine rings is 2. The van der Waals surface area contributed by atoms with E-state index in [1.165, 1.54) is 5.56 Å². The van der Waals surface area contributed by atoms with Gasteiger partial charge >= 0.3 is 0 Å². The van der Waals surface area contributed by atoms with E-state index in [-0.39, 0.29) is 40.9 Å². The normalized spacial score (nSPS) is 17.4. The Labute approximate surface area is 337 Å². The lowest BCUT2D eigenvalue weighted by Crippen LogP contribution is -2.39. The average molecular weight is 780 g/mol. The molecule has 8 rings (SSSR count). The predicted octanol–water partition coefficient (Wildman–Crippen LogP) is 7.11. The van der Waals surface area contributed by atoms with Gasteiger partial charge in [0.2, 0.25) is 17.7 Å². The molecule has 298 valence electrons. The first-order chi connectivity index (χ1) is 27.9. The van der Waals surface area contributed by atoms with E-state index >= 15 is 0 Å². The number of carbonyl (C=O) groups is 3. The molecule has 13 nitrogen and oxygen atoms in total. The summed E-state index contributed by atoms with van der Waals surface area (Å²) in [5.74, 6) is -0.157.